The molecule has 6 heteroatoms. The molecule has 0 saturated heterocycles. The van der Waals surface area contributed by atoms with Crippen molar-refractivity contribution in [3.8, 4) is 5.75 Å². The largest absolute Gasteiger partial charge is 0.502 e. The molecule has 1 N–H and O–H groups in total. The van der Waals surface area contributed by atoms with Crippen LogP contribution in [0, 0.1) is 0 Å². The molecule has 0 spiro atoms. The van der Waals surface area contributed by atoms with Crippen LogP contribution >= 0.6 is 11.6 Å². The Bertz CT molecular complexity index is 1090. The molecule has 3 aromatic carbocycles. The van der Waals surface area contributed by atoms with Crippen molar-refractivity contribution in [2.24, 2.45) is 0 Å². The summed E-state index contributed by atoms with van der Waals surface area (Å²) in [5, 5.41) is 10.8. The first-order chi connectivity index (χ1) is 14.0. The van der Waals surface area contributed by atoms with E-state index in [1.807, 2.05) is 30.3 Å². The fraction of sp³-hybridized carbons (Fsp3) is 0.0435. The van der Waals surface area contributed by atoms with E-state index in [-0.39, 0.29) is 5.57 Å². The third kappa shape index (κ3) is 3.73. The van der Waals surface area contributed by atoms with Gasteiger partial charge >= 0.3 is 5.91 Å². The van der Waals surface area contributed by atoms with Gasteiger partial charge in [-0.2, -0.15) is 0 Å². The highest BCUT2D eigenvalue weighted by Crippen LogP contribution is 2.33. The highest BCUT2D eigenvalue weighted by molar-refractivity contribution is 6.45. The molecule has 0 unspecified atom stereocenters. The lowest BCUT2D eigenvalue weighted by molar-refractivity contribution is -0.121. The standard InChI is InChI=1S/C23H16ClNO4/c24-17-8-6-16(7-9-17)20-21(26)23(28)25(22(20)27)18-10-12-19(13-11-18)29-14-15-4-2-1-3-5-15/h1-13,26H,14H2. The first-order valence-electron chi connectivity index (χ1n) is 8.89. The number of halogens is 1. The van der Waals surface area contributed by atoms with Gasteiger partial charge in [-0.15, -0.1) is 0 Å². The summed E-state index contributed by atoms with van der Waals surface area (Å²) in [5.74, 6) is -1.33. The summed E-state index contributed by atoms with van der Waals surface area (Å²) in [6.07, 6.45) is 0. The smallest absolute Gasteiger partial charge is 0.301 e. The van der Waals surface area contributed by atoms with Gasteiger partial charge in [-0.25, -0.2) is 4.90 Å². The molecule has 144 valence electrons. The van der Waals surface area contributed by atoms with E-state index in [0.717, 1.165) is 10.5 Å². The summed E-state index contributed by atoms with van der Waals surface area (Å²) >= 11 is 5.87. The quantitative estimate of drug-likeness (QED) is 0.621. The summed E-state index contributed by atoms with van der Waals surface area (Å²) in [6, 6.07) is 22.7. The molecule has 2 amide bonds. The Hall–Kier alpha value is -3.57. The minimum Gasteiger partial charge on any atom is -0.502 e. The number of rotatable bonds is 5. The Kier molecular flexibility index (Phi) is 5.06. The SMILES string of the molecule is O=C1C(O)=C(c2ccc(Cl)cc2)C(=O)N1c1ccc(OCc2ccccc2)cc1. The molecule has 1 aliphatic rings. The fourth-order valence-corrected chi connectivity index (χ4v) is 3.19. The zero-order chi connectivity index (χ0) is 20.4. The highest BCUT2D eigenvalue weighted by atomic mass is 35.5. The first-order valence-corrected chi connectivity index (χ1v) is 9.27. The Morgan fingerprint density at radius 2 is 1.48 bits per heavy atom. The van der Waals surface area contributed by atoms with Crippen molar-refractivity contribution in [2.75, 3.05) is 4.90 Å². The van der Waals surface area contributed by atoms with Crippen LogP contribution in [-0.4, -0.2) is 16.9 Å². The number of carbonyl (C=O) groups is 2. The van der Waals surface area contributed by atoms with Crippen molar-refractivity contribution in [1.29, 1.82) is 0 Å². The van der Waals surface area contributed by atoms with Crippen molar-refractivity contribution in [2.45, 2.75) is 6.61 Å². The molecule has 0 saturated carbocycles. The van der Waals surface area contributed by atoms with Crippen LogP contribution < -0.4 is 9.64 Å². The molecule has 0 fully saturated rings. The number of nitrogens with zero attached hydrogens (tertiary/aromatic N) is 1. The van der Waals surface area contributed by atoms with Crippen molar-refractivity contribution in [3.63, 3.8) is 0 Å². The number of hydrogen-bond acceptors (Lipinski definition) is 4. The van der Waals surface area contributed by atoms with Crippen LogP contribution in [0.4, 0.5) is 5.69 Å². The average molecular weight is 406 g/mol. The molecular weight excluding hydrogens is 390 g/mol. The lowest BCUT2D eigenvalue weighted by Gasteiger charge is -2.15. The van der Waals surface area contributed by atoms with Crippen molar-refractivity contribution < 1.29 is 19.4 Å². The Labute approximate surface area is 172 Å². The molecule has 0 radical (unpaired) electrons. The van der Waals surface area contributed by atoms with Gasteiger partial charge in [0, 0.05) is 5.02 Å². The fourth-order valence-electron chi connectivity index (χ4n) is 3.06. The van der Waals surface area contributed by atoms with Gasteiger partial charge in [-0.3, -0.25) is 9.59 Å². The van der Waals surface area contributed by atoms with Gasteiger partial charge in [0.2, 0.25) is 0 Å². The van der Waals surface area contributed by atoms with Gasteiger partial charge in [-0.1, -0.05) is 54.1 Å². The lowest BCUT2D eigenvalue weighted by atomic mass is 10.1. The zero-order valence-corrected chi connectivity index (χ0v) is 16.0. The molecule has 5 nitrogen and oxygen atoms in total. The summed E-state index contributed by atoms with van der Waals surface area (Å²) < 4.78 is 5.73. The number of imide groups is 1. The molecule has 1 aliphatic heterocycles. The van der Waals surface area contributed by atoms with Gasteiger partial charge in [0.1, 0.15) is 12.4 Å². The number of amides is 2. The second kappa shape index (κ2) is 7.81. The van der Waals surface area contributed by atoms with Crippen LogP contribution in [0.2, 0.25) is 5.02 Å². The minimum absolute atomic E-state index is 0.0453. The molecule has 29 heavy (non-hydrogen) atoms. The van der Waals surface area contributed by atoms with Crippen LogP contribution in [0.15, 0.2) is 84.6 Å². The van der Waals surface area contributed by atoms with Crippen molar-refractivity contribution in [1.82, 2.24) is 0 Å². The highest BCUT2D eigenvalue weighted by Gasteiger charge is 2.40. The second-order valence-corrected chi connectivity index (χ2v) is 6.88. The maximum absolute atomic E-state index is 12.8. The Morgan fingerprint density at radius 3 is 2.14 bits per heavy atom. The molecule has 0 bridgehead atoms. The number of anilines is 1. The average Bonchev–Trinajstić information content (AvgIpc) is 2.97. The van der Waals surface area contributed by atoms with E-state index < -0.39 is 17.6 Å². The molecule has 0 aliphatic carbocycles. The summed E-state index contributed by atoms with van der Waals surface area (Å²) in [4.78, 5) is 26.3. The minimum atomic E-state index is -0.766. The molecule has 0 atom stereocenters. The van der Waals surface area contributed by atoms with E-state index in [1.54, 1.807) is 48.5 Å². The lowest BCUT2D eigenvalue weighted by Crippen LogP contribution is -2.31. The van der Waals surface area contributed by atoms with Crippen LogP contribution in [0.25, 0.3) is 5.57 Å². The van der Waals surface area contributed by atoms with Gasteiger partial charge in [0.05, 0.1) is 11.3 Å². The topological polar surface area (TPSA) is 66.8 Å². The van der Waals surface area contributed by atoms with Crippen molar-refractivity contribution >= 4 is 34.7 Å². The monoisotopic (exact) mass is 405 g/mol. The number of aliphatic hydroxyl groups excluding tert-OH is 1. The summed E-state index contributed by atoms with van der Waals surface area (Å²) in [7, 11) is 0. The molecule has 4 rings (SSSR count). The zero-order valence-electron chi connectivity index (χ0n) is 15.2. The van der Waals surface area contributed by atoms with Gasteiger partial charge in [0.25, 0.3) is 5.91 Å². The first kappa shape index (κ1) is 18.8. The maximum Gasteiger partial charge on any atom is 0.301 e. The molecule has 3 aromatic rings. The van der Waals surface area contributed by atoms with E-state index in [0.29, 0.717) is 28.6 Å². The third-order valence-electron chi connectivity index (χ3n) is 4.54. The van der Waals surface area contributed by atoms with E-state index in [2.05, 4.69) is 0 Å². The maximum atomic E-state index is 12.8. The normalized spacial score (nSPS) is 13.9. The number of benzene rings is 3. The van der Waals surface area contributed by atoms with E-state index in [9.17, 15) is 14.7 Å². The van der Waals surface area contributed by atoms with E-state index in [4.69, 9.17) is 16.3 Å². The van der Waals surface area contributed by atoms with Crippen LogP contribution in [0.5, 0.6) is 5.75 Å². The van der Waals surface area contributed by atoms with Crippen LogP contribution in [0.1, 0.15) is 11.1 Å². The van der Waals surface area contributed by atoms with Gasteiger partial charge in [0.15, 0.2) is 5.76 Å². The predicted octanol–water partition coefficient (Wildman–Crippen LogP) is 4.76. The van der Waals surface area contributed by atoms with Crippen molar-refractivity contribution in [3.05, 3.63) is 101 Å². The van der Waals surface area contributed by atoms with E-state index >= 15 is 0 Å². The number of hydrogen-bond donors (Lipinski definition) is 1. The third-order valence-corrected chi connectivity index (χ3v) is 4.79. The molecular formula is C23H16ClNO4. The Balaban J connectivity index is 1.52. The second-order valence-electron chi connectivity index (χ2n) is 6.44. The van der Waals surface area contributed by atoms with Crippen LogP contribution in [0.3, 0.4) is 0 Å². The van der Waals surface area contributed by atoms with Crippen LogP contribution in [-0.2, 0) is 16.2 Å². The van der Waals surface area contributed by atoms with E-state index in [1.165, 1.54) is 0 Å². The number of aliphatic hydroxyl groups is 1. The number of carbonyl (C=O) groups excluding carboxylic acids is 2. The summed E-state index contributed by atoms with van der Waals surface area (Å²) in [5.41, 5.74) is 1.76. The Morgan fingerprint density at radius 1 is 0.828 bits per heavy atom. The van der Waals surface area contributed by atoms with Gasteiger partial charge in [-0.05, 0) is 47.5 Å². The number of ether oxygens (including phenoxy) is 1. The molecule has 1 heterocycles. The van der Waals surface area contributed by atoms with Gasteiger partial charge < -0.3 is 9.84 Å². The predicted molar refractivity (Wildman–Crippen MR) is 111 cm³/mol. The molecule has 0 aromatic heterocycles. The summed E-state index contributed by atoms with van der Waals surface area (Å²) in [6.45, 7) is 0.408.